The maximum atomic E-state index is 10.7. The van der Waals surface area contributed by atoms with E-state index in [9.17, 15) is 4.79 Å². The summed E-state index contributed by atoms with van der Waals surface area (Å²) in [5, 5.41) is 8.75. The Kier molecular flexibility index (Phi) is 8.62. The molecular formula is C25H23BrO4S. The summed E-state index contributed by atoms with van der Waals surface area (Å²) in [4.78, 5) is 11.7. The average Bonchev–Trinajstić information content (AvgIpc) is 2.77. The van der Waals surface area contributed by atoms with E-state index in [1.165, 1.54) is 0 Å². The highest BCUT2D eigenvalue weighted by Gasteiger charge is 2.08. The van der Waals surface area contributed by atoms with Crippen molar-refractivity contribution in [2.45, 2.75) is 11.8 Å². The van der Waals surface area contributed by atoms with Crippen molar-refractivity contribution in [3.8, 4) is 11.5 Å². The molecule has 0 radical (unpaired) electrons. The Balaban J connectivity index is 1.79. The van der Waals surface area contributed by atoms with Crippen molar-refractivity contribution in [3.05, 3.63) is 94.5 Å². The summed E-state index contributed by atoms with van der Waals surface area (Å²) in [7, 11) is 0. The third-order valence-electron chi connectivity index (χ3n) is 4.33. The van der Waals surface area contributed by atoms with E-state index < -0.39 is 5.97 Å². The van der Waals surface area contributed by atoms with Gasteiger partial charge in [0.1, 0.15) is 11.5 Å². The highest BCUT2D eigenvalue weighted by molar-refractivity contribution is 9.10. The second-order valence-corrected chi connectivity index (χ2v) is 8.45. The molecule has 1 N–H and O–H groups in total. The van der Waals surface area contributed by atoms with Gasteiger partial charge >= 0.3 is 5.97 Å². The molecule has 3 aromatic carbocycles. The van der Waals surface area contributed by atoms with Crippen molar-refractivity contribution < 1.29 is 19.4 Å². The average molecular weight is 499 g/mol. The van der Waals surface area contributed by atoms with Gasteiger partial charge in [-0.3, -0.25) is 0 Å². The number of thioether (sulfide) groups is 1. The van der Waals surface area contributed by atoms with Crippen LogP contribution in [0, 0.1) is 0 Å². The molecule has 0 fully saturated rings. The molecule has 0 heterocycles. The minimum atomic E-state index is -0.999. The van der Waals surface area contributed by atoms with Gasteiger partial charge in [-0.2, -0.15) is 0 Å². The molecule has 0 aromatic heterocycles. The van der Waals surface area contributed by atoms with E-state index in [4.69, 9.17) is 14.6 Å². The lowest BCUT2D eigenvalue weighted by Gasteiger charge is -2.12. The molecule has 31 heavy (non-hydrogen) atoms. The van der Waals surface area contributed by atoms with E-state index in [-0.39, 0.29) is 6.61 Å². The fourth-order valence-corrected chi connectivity index (χ4v) is 4.48. The maximum Gasteiger partial charge on any atom is 0.341 e. The Morgan fingerprint density at radius 2 is 1.71 bits per heavy atom. The number of hydrogen-bond acceptors (Lipinski definition) is 4. The fourth-order valence-electron chi connectivity index (χ4n) is 2.99. The van der Waals surface area contributed by atoms with E-state index >= 15 is 0 Å². The normalized spacial score (nSPS) is 11.2. The molecule has 6 heteroatoms. The van der Waals surface area contributed by atoms with Gasteiger partial charge in [0, 0.05) is 15.1 Å². The van der Waals surface area contributed by atoms with Crippen LogP contribution in [0.2, 0.25) is 0 Å². The zero-order chi connectivity index (χ0) is 22.1. The van der Waals surface area contributed by atoms with Crippen molar-refractivity contribution in [1.82, 2.24) is 0 Å². The number of ether oxygens (including phenoxy) is 2. The number of carboxylic acids is 1. The second kappa shape index (κ2) is 11.6. The van der Waals surface area contributed by atoms with Crippen molar-refractivity contribution in [1.29, 1.82) is 0 Å². The molecule has 0 spiro atoms. The number of carbonyl (C=O) groups is 1. The smallest absolute Gasteiger partial charge is 0.341 e. The zero-order valence-electron chi connectivity index (χ0n) is 17.1. The lowest BCUT2D eigenvalue weighted by molar-refractivity contribution is -0.139. The third kappa shape index (κ3) is 6.91. The summed E-state index contributed by atoms with van der Waals surface area (Å²) >= 11 is 5.24. The van der Waals surface area contributed by atoms with Crippen molar-refractivity contribution in [3.63, 3.8) is 0 Å². The van der Waals surface area contributed by atoms with Gasteiger partial charge in [0.2, 0.25) is 0 Å². The molecule has 0 aliphatic heterocycles. The first-order chi connectivity index (χ1) is 15.1. The lowest BCUT2D eigenvalue weighted by atomic mass is 9.98. The van der Waals surface area contributed by atoms with Crippen LogP contribution in [0.25, 0.3) is 5.57 Å². The van der Waals surface area contributed by atoms with Gasteiger partial charge in [-0.05, 0) is 69.9 Å². The number of hydrogen-bond donors (Lipinski definition) is 1. The highest BCUT2D eigenvalue weighted by Crippen LogP contribution is 2.33. The predicted octanol–water partition coefficient (Wildman–Crippen LogP) is 6.54. The molecule has 0 aliphatic rings. The lowest BCUT2D eigenvalue weighted by Crippen LogP contribution is -2.09. The summed E-state index contributed by atoms with van der Waals surface area (Å²) in [6.45, 7) is 2.25. The van der Waals surface area contributed by atoms with Crippen LogP contribution < -0.4 is 9.47 Å². The first-order valence-electron chi connectivity index (χ1n) is 9.82. The SMILES string of the molecule is CCOc1cccc(C(=CCSc2ccc(OCC(=O)O)cc2Br)c2ccccc2)c1. The standard InChI is InChI=1S/C25H23BrO4S/c1-2-29-20-10-6-9-19(15-20)22(18-7-4-3-5-8-18)13-14-31-24-12-11-21(16-23(24)26)30-17-25(27)28/h3-13,15-16H,2,14,17H2,1H3,(H,27,28). The molecule has 3 rings (SSSR count). The highest BCUT2D eigenvalue weighted by atomic mass is 79.9. The van der Waals surface area contributed by atoms with Gasteiger partial charge < -0.3 is 14.6 Å². The monoisotopic (exact) mass is 498 g/mol. The molecule has 0 bridgehead atoms. The molecule has 3 aromatic rings. The number of carboxylic acid groups (broad SMARTS) is 1. The van der Waals surface area contributed by atoms with Crippen LogP contribution in [0.3, 0.4) is 0 Å². The minimum absolute atomic E-state index is 0.358. The van der Waals surface area contributed by atoms with Crippen LogP contribution in [0.4, 0.5) is 0 Å². The summed E-state index contributed by atoms with van der Waals surface area (Å²) in [6.07, 6.45) is 2.21. The van der Waals surface area contributed by atoms with E-state index in [1.807, 2.05) is 43.3 Å². The van der Waals surface area contributed by atoms with Gasteiger partial charge in [0.15, 0.2) is 6.61 Å². The molecular weight excluding hydrogens is 476 g/mol. The number of rotatable bonds is 10. The molecule has 0 aliphatic carbocycles. The Morgan fingerprint density at radius 1 is 0.968 bits per heavy atom. The quantitative estimate of drug-likeness (QED) is 0.321. The van der Waals surface area contributed by atoms with Crippen LogP contribution in [-0.4, -0.2) is 30.0 Å². The zero-order valence-corrected chi connectivity index (χ0v) is 19.5. The first-order valence-corrected chi connectivity index (χ1v) is 11.6. The molecule has 4 nitrogen and oxygen atoms in total. The van der Waals surface area contributed by atoms with E-state index in [0.29, 0.717) is 12.4 Å². The Labute approximate surface area is 195 Å². The van der Waals surface area contributed by atoms with Crippen LogP contribution in [0.5, 0.6) is 11.5 Å². The summed E-state index contributed by atoms with van der Waals surface area (Å²) in [5.74, 6) is 1.14. The van der Waals surface area contributed by atoms with Gasteiger partial charge in [-0.1, -0.05) is 48.5 Å². The largest absolute Gasteiger partial charge is 0.494 e. The molecule has 0 saturated heterocycles. The Morgan fingerprint density at radius 3 is 2.42 bits per heavy atom. The number of benzene rings is 3. The summed E-state index contributed by atoms with van der Waals surface area (Å²) < 4.78 is 11.8. The van der Waals surface area contributed by atoms with Gasteiger partial charge in [0.05, 0.1) is 6.61 Å². The van der Waals surface area contributed by atoms with Crippen LogP contribution in [0.15, 0.2) is 88.2 Å². The summed E-state index contributed by atoms with van der Waals surface area (Å²) in [6, 6.07) is 23.9. The van der Waals surface area contributed by atoms with Crippen LogP contribution in [0.1, 0.15) is 18.1 Å². The topological polar surface area (TPSA) is 55.8 Å². The van der Waals surface area contributed by atoms with Gasteiger partial charge in [0.25, 0.3) is 0 Å². The Bertz CT molecular complexity index is 1050. The number of aliphatic carboxylic acids is 1. The fraction of sp³-hybridized carbons (Fsp3) is 0.160. The van der Waals surface area contributed by atoms with Gasteiger partial charge in [-0.15, -0.1) is 11.8 Å². The summed E-state index contributed by atoms with van der Waals surface area (Å²) in [5.41, 5.74) is 3.40. The van der Waals surface area contributed by atoms with E-state index in [2.05, 4.69) is 46.3 Å². The van der Waals surface area contributed by atoms with Crippen LogP contribution in [-0.2, 0) is 4.79 Å². The van der Waals surface area contributed by atoms with E-state index in [1.54, 1.807) is 23.9 Å². The van der Waals surface area contributed by atoms with E-state index in [0.717, 1.165) is 37.6 Å². The predicted molar refractivity (Wildman–Crippen MR) is 129 cm³/mol. The molecule has 160 valence electrons. The van der Waals surface area contributed by atoms with Crippen LogP contribution >= 0.6 is 27.7 Å². The first kappa shape index (κ1) is 23.0. The second-order valence-electron chi connectivity index (χ2n) is 6.53. The minimum Gasteiger partial charge on any atom is -0.494 e. The maximum absolute atomic E-state index is 10.7. The van der Waals surface area contributed by atoms with Crippen molar-refractivity contribution in [2.75, 3.05) is 19.0 Å². The molecule has 0 atom stereocenters. The Hall–Kier alpha value is -2.70. The number of halogens is 1. The van der Waals surface area contributed by atoms with Gasteiger partial charge in [-0.25, -0.2) is 4.79 Å². The van der Waals surface area contributed by atoms with Crippen molar-refractivity contribution in [2.24, 2.45) is 0 Å². The molecule has 0 unspecified atom stereocenters. The van der Waals surface area contributed by atoms with Crippen molar-refractivity contribution >= 4 is 39.2 Å². The molecule has 0 saturated carbocycles. The molecule has 0 amide bonds. The third-order valence-corrected chi connectivity index (χ3v) is 6.25.